The Bertz CT molecular complexity index is 642. The Morgan fingerprint density at radius 3 is 2.43 bits per heavy atom. The van der Waals surface area contributed by atoms with Crippen LogP contribution in [0.1, 0.15) is 31.7 Å². The van der Waals surface area contributed by atoms with Crippen LogP contribution in [-0.2, 0) is 20.9 Å². The molecule has 2 rings (SSSR count). The molecule has 7 heteroatoms. The number of carbonyl (C=O) groups is 3. The van der Waals surface area contributed by atoms with Gasteiger partial charge in [-0.05, 0) is 37.9 Å². The van der Waals surface area contributed by atoms with Gasteiger partial charge in [0.05, 0.1) is 13.1 Å². The molecule has 1 fully saturated rings. The van der Waals surface area contributed by atoms with Crippen LogP contribution in [0.2, 0.25) is 0 Å². The molecule has 0 radical (unpaired) electrons. The summed E-state index contributed by atoms with van der Waals surface area (Å²) in [5.74, 6) is -0.128. The fourth-order valence-electron chi connectivity index (χ4n) is 3.22. The molecule has 0 unspecified atom stereocenters. The molecule has 1 aliphatic rings. The number of amides is 3. The molecule has 1 aromatic rings. The minimum Gasteiger partial charge on any atom is -0.355 e. The van der Waals surface area contributed by atoms with E-state index in [1.165, 1.54) is 4.90 Å². The number of rotatable bonds is 9. The van der Waals surface area contributed by atoms with Crippen LogP contribution in [0.5, 0.6) is 0 Å². The molecule has 2 N–H and O–H groups in total. The third kappa shape index (κ3) is 7.31. The summed E-state index contributed by atoms with van der Waals surface area (Å²) in [4.78, 5) is 39.9. The first kappa shape index (κ1) is 21.9. The van der Waals surface area contributed by atoms with Gasteiger partial charge in [0, 0.05) is 26.1 Å². The van der Waals surface area contributed by atoms with Crippen LogP contribution in [0, 0.1) is 5.92 Å². The van der Waals surface area contributed by atoms with E-state index in [-0.39, 0.29) is 36.7 Å². The molecule has 3 amide bonds. The monoisotopic (exact) mass is 388 g/mol. The van der Waals surface area contributed by atoms with E-state index in [0.29, 0.717) is 26.2 Å². The quantitative estimate of drug-likeness (QED) is 0.661. The Morgan fingerprint density at radius 1 is 1.11 bits per heavy atom. The molecule has 0 bridgehead atoms. The summed E-state index contributed by atoms with van der Waals surface area (Å²) >= 11 is 0. The van der Waals surface area contributed by atoms with Crippen LogP contribution < -0.4 is 10.6 Å². The zero-order chi connectivity index (χ0) is 20.4. The van der Waals surface area contributed by atoms with Crippen molar-refractivity contribution in [1.82, 2.24) is 20.4 Å². The lowest BCUT2D eigenvalue weighted by atomic mass is 9.96. The second-order valence-corrected chi connectivity index (χ2v) is 7.35. The summed E-state index contributed by atoms with van der Waals surface area (Å²) in [5, 5.41) is 5.78. The molecule has 0 saturated carbocycles. The summed E-state index contributed by atoms with van der Waals surface area (Å²) in [6.07, 6.45) is 2.36. The van der Waals surface area contributed by atoms with E-state index in [4.69, 9.17) is 0 Å². The molecule has 28 heavy (non-hydrogen) atoms. The largest absolute Gasteiger partial charge is 0.355 e. The number of likely N-dealkylation sites (tertiary alicyclic amines) is 1. The standard InChI is InChI=1S/C21H32N4O3/c1-3-11-22-19(26)15-24(2)20(27)16-25-12-9-18(10-13-25)21(28)23-14-17-7-5-4-6-8-17/h4-8,18H,3,9-16H2,1-2H3,(H,22,26)(H,23,28). The lowest BCUT2D eigenvalue weighted by Crippen LogP contribution is -2.46. The van der Waals surface area contributed by atoms with Crippen molar-refractivity contribution in [3.05, 3.63) is 35.9 Å². The number of piperidine rings is 1. The Hall–Kier alpha value is -2.41. The SMILES string of the molecule is CCCNC(=O)CN(C)C(=O)CN1CCC(C(=O)NCc2ccccc2)CC1. The Morgan fingerprint density at radius 2 is 1.79 bits per heavy atom. The van der Waals surface area contributed by atoms with Crippen LogP contribution in [0.3, 0.4) is 0 Å². The van der Waals surface area contributed by atoms with Crippen LogP contribution in [-0.4, -0.2) is 67.3 Å². The van der Waals surface area contributed by atoms with Crippen molar-refractivity contribution in [3.63, 3.8) is 0 Å². The third-order valence-electron chi connectivity index (χ3n) is 5.01. The third-order valence-corrected chi connectivity index (χ3v) is 5.01. The number of hydrogen-bond acceptors (Lipinski definition) is 4. The average molecular weight is 389 g/mol. The first-order chi connectivity index (χ1) is 13.5. The van der Waals surface area contributed by atoms with Crippen LogP contribution in [0.15, 0.2) is 30.3 Å². The molecule has 0 aliphatic carbocycles. The Labute approximate surface area is 167 Å². The predicted octanol–water partition coefficient (Wildman–Crippen LogP) is 0.999. The molecule has 1 saturated heterocycles. The van der Waals surface area contributed by atoms with Crippen molar-refractivity contribution in [2.75, 3.05) is 39.8 Å². The molecular weight excluding hydrogens is 356 g/mol. The normalized spacial score (nSPS) is 15.1. The highest BCUT2D eigenvalue weighted by Crippen LogP contribution is 2.17. The van der Waals surface area contributed by atoms with Gasteiger partial charge in [-0.1, -0.05) is 37.3 Å². The van der Waals surface area contributed by atoms with Crippen molar-refractivity contribution in [2.45, 2.75) is 32.7 Å². The summed E-state index contributed by atoms with van der Waals surface area (Å²) in [5.41, 5.74) is 1.09. The van der Waals surface area contributed by atoms with Gasteiger partial charge in [-0.25, -0.2) is 0 Å². The van der Waals surface area contributed by atoms with Gasteiger partial charge in [0.15, 0.2) is 0 Å². The molecule has 1 heterocycles. The number of hydrogen-bond donors (Lipinski definition) is 2. The first-order valence-electron chi connectivity index (χ1n) is 10.0. The van der Waals surface area contributed by atoms with Gasteiger partial charge < -0.3 is 15.5 Å². The smallest absolute Gasteiger partial charge is 0.239 e. The molecule has 0 spiro atoms. The van der Waals surface area contributed by atoms with E-state index in [9.17, 15) is 14.4 Å². The summed E-state index contributed by atoms with van der Waals surface area (Å²) < 4.78 is 0. The van der Waals surface area contributed by atoms with Gasteiger partial charge in [-0.3, -0.25) is 19.3 Å². The van der Waals surface area contributed by atoms with Crippen LogP contribution >= 0.6 is 0 Å². The second-order valence-electron chi connectivity index (χ2n) is 7.35. The highest BCUT2D eigenvalue weighted by atomic mass is 16.2. The number of benzene rings is 1. The second kappa shape index (κ2) is 11.4. The first-order valence-corrected chi connectivity index (χ1v) is 10.0. The van der Waals surface area contributed by atoms with Crippen molar-refractivity contribution < 1.29 is 14.4 Å². The van der Waals surface area contributed by atoms with Gasteiger partial charge in [0.1, 0.15) is 0 Å². The molecular formula is C21H32N4O3. The highest BCUT2D eigenvalue weighted by molar-refractivity contribution is 5.85. The number of nitrogens with zero attached hydrogens (tertiary/aromatic N) is 2. The zero-order valence-corrected chi connectivity index (χ0v) is 16.9. The lowest BCUT2D eigenvalue weighted by Gasteiger charge is -2.31. The minimum absolute atomic E-state index is 0.00684. The van der Waals surface area contributed by atoms with E-state index in [0.717, 1.165) is 24.8 Å². The van der Waals surface area contributed by atoms with Crippen molar-refractivity contribution in [3.8, 4) is 0 Å². The fraction of sp³-hybridized carbons (Fsp3) is 0.571. The van der Waals surface area contributed by atoms with E-state index < -0.39 is 0 Å². The van der Waals surface area contributed by atoms with Gasteiger partial charge in [-0.15, -0.1) is 0 Å². The van der Waals surface area contributed by atoms with Gasteiger partial charge in [0.2, 0.25) is 17.7 Å². The Balaban J connectivity index is 1.67. The zero-order valence-electron chi connectivity index (χ0n) is 16.9. The molecule has 7 nitrogen and oxygen atoms in total. The highest BCUT2D eigenvalue weighted by Gasteiger charge is 2.26. The van der Waals surface area contributed by atoms with E-state index >= 15 is 0 Å². The maximum Gasteiger partial charge on any atom is 0.239 e. The molecule has 1 aromatic carbocycles. The maximum atomic E-state index is 12.4. The fourth-order valence-corrected chi connectivity index (χ4v) is 3.22. The molecule has 0 aromatic heterocycles. The minimum atomic E-state index is -0.133. The van der Waals surface area contributed by atoms with Crippen LogP contribution in [0.4, 0.5) is 0 Å². The van der Waals surface area contributed by atoms with Gasteiger partial charge >= 0.3 is 0 Å². The van der Waals surface area contributed by atoms with Crippen molar-refractivity contribution in [1.29, 1.82) is 0 Å². The number of likely N-dealkylation sites (N-methyl/N-ethyl adjacent to an activating group) is 1. The Kier molecular flexibility index (Phi) is 8.94. The van der Waals surface area contributed by atoms with Gasteiger partial charge in [0.25, 0.3) is 0 Å². The van der Waals surface area contributed by atoms with Crippen molar-refractivity contribution >= 4 is 17.7 Å². The molecule has 1 aliphatic heterocycles. The van der Waals surface area contributed by atoms with E-state index in [1.54, 1.807) is 7.05 Å². The van der Waals surface area contributed by atoms with Gasteiger partial charge in [-0.2, -0.15) is 0 Å². The number of nitrogens with one attached hydrogen (secondary N) is 2. The predicted molar refractivity (Wildman–Crippen MR) is 108 cm³/mol. The number of carbonyl (C=O) groups excluding carboxylic acids is 3. The molecule has 154 valence electrons. The molecule has 0 atom stereocenters. The maximum absolute atomic E-state index is 12.4. The van der Waals surface area contributed by atoms with Crippen LogP contribution in [0.25, 0.3) is 0 Å². The topological polar surface area (TPSA) is 81.8 Å². The average Bonchev–Trinajstić information content (AvgIpc) is 2.71. The summed E-state index contributed by atoms with van der Waals surface area (Å²) in [6.45, 7) is 4.95. The summed E-state index contributed by atoms with van der Waals surface area (Å²) in [7, 11) is 1.65. The van der Waals surface area contributed by atoms with E-state index in [2.05, 4.69) is 15.5 Å². The lowest BCUT2D eigenvalue weighted by molar-refractivity contribution is -0.136. The van der Waals surface area contributed by atoms with E-state index in [1.807, 2.05) is 37.3 Å². The summed E-state index contributed by atoms with van der Waals surface area (Å²) in [6, 6.07) is 9.86. The van der Waals surface area contributed by atoms with Crippen molar-refractivity contribution in [2.24, 2.45) is 5.92 Å².